The van der Waals surface area contributed by atoms with Crippen molar-refractivity contribution in [3.05, 3.63) is 23.1 Å². The van der Waals surface area contributed by atoms with Gasteiger partial charge in [-0.2, -0.15) is 10.1 Å². The van der Waals surface area contributed by atoms with Gasteiger partial charge in [-0.1, -0.05) is 5.16 Å². The smallest absolute Gasteiger partial charge is 0.261 e. The molecule has 0 N–H and O–H groups in total. The molecule has 0 radical (unpaired) electrons. The SMILES string of the molecule is Cc1noc([C@@H]2[C@@H](C)OCCN2C(=O)COc2c(C)nn(C)c2C)n1. The molecule has 1 fully saturated rings. The lowest BCUT2D eigenvalue weighted by Gasteiger charge is -2.37. The van der Waals surface area contributed by atoms with Crippen LogP contribution in [0.15, 0.2) is 4.52 Å². The number of carbonyl (C=O) groups excluding carboxylic acids is 1. The molecule has 1 saturated heterocycles. The number of nitrogens with zero attached hydrogens (tertiary/aromatic N) is 5. The summed E-state index contributed by atoms with van der Waals surface area (Å²) in [4.78, 5) is 18.7. The van der Waals surface area contributed by atoms with Crippen LogP contribution in [0.4, 0.5) is 0 Å². The zero-order valence-electron chi connectivity index (χ0n) is 15.1. The molecule has 9 nitrogen and oxygen atoms in total. The predicted molar refractivity (Wildman–Crippen MR) is 87.1 cm³/mol. The van der Waals surface area contributed by atoms with Gasteiger partial charge in [-0.15, -0.1) is 0 Å². The summed E-state index contributed by atoms with van der Waals surface area (Å²) in [5.41, 5.74) is 1.64. The van der Waals surface area contributed by atoms with E-state index < -0.39 is 6.04 Å². The minimum absolute atomic E-state index is 0.0797. The molecule has 25 heavy (non-hydrogen) atoms. The Kier molecular flexibility index (Phi) is 4.76. The highest BCUT2D eigenvalue weighted by Gasteiger charge is 2.38. The molecule has 0 spiro atoms. The molecule has 0 unspecified atom stereocenters. The Bertz CT molecular complexity index is 769. The topological polar surface area (TPSA) is 95.5 Å². The number of amides is 1. The molecular weight excluding hydrogens is 326 g/mol. The van der Waals surface area contributed by atoms with Gasteiger partial charge in [-0.3, -0.25) is 9.48 Å². The highest BCUT2D eigenvalue weighted by atomic mass is 16.5. The van der Waals surface area contributed by atoms with Crippen molar-refractivity contribution in [3.8, 4) is 5.75 Å². The van der Waals surface area contributed by atoms with Crippen LogP contribution in [0, 0.1) is 20.8 Å². The van der Waals surface area contributed by atoms with Crippen molar-refractivity contribution in [1.82, 2.24) is 24.8 Å². The first-order valence-corrected chi connectivity index (χ1v) is 8.22. The molecule has 2 atom stereocenters. The monoisotopic (exact) mass is 349 g/mol. The van der Waals surface area contributed by atoms with E-state index in [4.69, 9.17) is 14.0 Å². The van der Waals surface area contributed by atoms with Crippen molar-refractivity contribution in [2.45, 2.75) is 39.8 Å². The Labute approximate surface area is 145 Å². The molecule has 1 aliphatic rings. The van der Waals surface area contributed by atoms with E-state index in [-0.39, 0.29) is 18.6 Å². The van der Waals surface area contributed by atoms with E-state index in [1.165, 1.54) is 0 Å². The van der Waals surface area contributed by atoms with Crippen LogP contribution in [-0.2, 0) is 16.6 Å². The number of rotatable bonds is 4. The van der Waals surface area contributed by atoms with Crippen LogP contribution in [0.5, 0.6) is 5.75 Å². The van der Waals surface area contributed by atoms with E-state index in [0.29, 0.717) is 30.6 Å². The molecule has 136 valence electrons. The molecule has 2 aromatic rings. The molecule has 0 aromatic carbocycles. The lowest BCUT2D eigenvalue weighted by atomic mass is 10.1. The summed E-state index contributed by atoms with van der Waals surface area (Å²) in [5, 5.41) is 8.11. The number of carbonyl (C=O) groups is 1. The maximum Gasteiger partial charge on any atom is 0.261 e. The van der Waals surface area contributed by atoms with Gasteiger partial charge in [0.25, 0.3) is 11.8 Å². The van der Waals surface area contributed by atoms with Crippen LogP contribution < -0.4 is 4.74 Å². The third kappa shape index (κ3) is 3.37. The van der Waals surface area contributed by atoms with Crippen molar-refractivity contribution >= 4 is 5.91 Å². The molecule has 0 saturated carbocycles. The number of aromatic nitrogens is 4. The van der Waals surface area contributed by atoms with Crippen LogP contribution in [0.1, 0.15) is 36.1 Å². The number of hydrogen-bond acceptors (Lipinski definition) is 7. The van der Waals surface area contributed by atoms with E-state index >= 15 is 0 Å². The average Bonchev–Trinajstić information content (AvgIpc) is 3.09. The summed E-state index contributed by atoms with van der Waals surface area (Å²) < 4.78 is 18.4. The molecular formula is C16H23N5O4. The second-order valence-corrected chi connectivity index (χ2v) is 6.20. The van der Waals surface area contributed by atoms with Gasteiger partial charge in [0.05, 0.1) is 18.4 Å². The second kappa shape index (κ2) is 6.83. The molecule has 2 aromatic heterocycles. The van der Waals surface area contributed by atoms with E-state index in [1.54, 1.807) is 16.5 Å². The maximum atomic E-state index is 12.8. The van der Waals surface area contributed by atoms with Gasteiger partial charge >= 0.3 is 0 Å². The summed E-state index contributed by atoms with van der Waals surface area (Å²) in [5.74, 6) is 1.39. The molecule has 1 aliphatic heterocycles. The van der Waals surface area contributed by atoms with Gasteiger partial charge in [-0.25, -0.2) is 0 Å². The van der Waals surface area contributed by atoms with Crippen LogP contribution in [0.2, 0.25) is 0 Å². The van der Waals surface area contributed by atoms with Crippen molar-refractivity contribution < 1.29 is 18.8 Å². The summed E-state index contributed by atoms with van der Waals surface area (Å²) in [6.07, 6.45) is -0.237. The van der Waals surface area contributed by atoms with Gasteiger partial charge in [0.15, 0.2) is 18.2 Å². The molecule has 1 amide bonds. The fourth-order valence-electron chi connectivity index (χ4n) is 3.05. The quantitative estimate of drug-likeness (QED) is 0.815. The first-order chi connectivity index (χ1) is 11.9. The fourth-order valence-corrected chi connectivity index (χ4v) is 3.05. The van der Waals surface area contributed by atoms with E-state index in [2.05, 4.69) is 15.2 Å². The number of aryl methyl sites for hydroxylation is 3. The predicted octanol–water partition coefficient (Wildman–Crippen LogP) is 1.10. The van der Waals surface area contributed by atoms with Crippen LogP contribution in [-0.4, -0.2) is 56.6 Å². The largest absolute Gasteiger partial charge is 0.480 e. The van der Waals surface area contributed by atoms with Crippen molar-refractivity contribution in [1.29, 1.82) is 0 Å². The molecule has 3 rings (SSSR count). The highest BCUT2D eigenvalue weighted by molar-refractivity contribution is 5.78. The normalized spacial score (nSPS) is 20.8. The first kappa shape index (κ1) is 17.4. The molecule has 9 heteroatoms. The molecule has 3 heterocycles. The Hall–Kier alpha value is -2.42. The Balaban J connectivity index is 1.75. The fraction of sp³-hybridized carbons (Fsp3) is 0.625. The van der Waals surface area contributed by atoms with Crippen molar-refractivity contribution in [2.24, 2.45) is 7.05 Å². The number of ether oxygens (including phenoxy) is 2. The van der Waals surface area contributed by atoms with Gasteiger partial charge in [0.1, 0.15) is 11.7 Å². The van der Waals surface area contributed by atoms with Gasteiger partial charge in [0.2, 0.25) is 0 Å². The molecule has 0 aliphatic carbocycles. The van der Waals surface area contributed by atoms with E-state index in [9.17, 15) is 4.79 Å². The number of morpholine rings is 1. The average molecular weight is 349 g/mol. The standard InChI is InChI=1S/C16H23N5O4/c1-9-15(10(2)20(5)18-9)24-8-13(22)21-6-7-23-11(3)14(21)16-17-12(4)19-25-16/h11,14H,6-8H2,1-5H3/t11-,14+/m1/s1. The summed E-state index contributed by atoms with van der Waals surface area (Å²) in [6.45, 7) is 8.22. The second-order valence-electron chi connectivity index (χ2n) is 6.20. The summed E-state index contributed by atoms with van der Waals surface area (Å²) in [7, 11) is 1.84. The number of hydrogen-bond donors (Lipinski definition) is 0. The van der Waals surface area contributed by atoms with Crippen molar-refractivity contribution in [2.75, 3.05) is 19.8 Å². The van der Waals surface area contributed by atoms with Crippen molar-refractivity contribution in [3.63, 3.8) is 0 Å². The van der Waals surface area contributed by atoms with Crippen LogP contribution in [0.25, 0.3) is 0 Å². The summed E-state index contributed by atoms with van der Waals surface area (Å²) in [6, 6.07) is -0.415. The van der Waals surface area contributed by atoms with Gasteiger partial charge in [0, 0.05) is 13.6 Å². The Morgan fingerprint density at radius 3 is 2.72 bits per heavy atom. The molecule has 0 bridgehead atoms. The minimum atomic E-state index is -0.415. The van der Waals surface area contributed by atoms with Crippen LogP contribution >= 0.6 is 0 Å². The Morgan fingerprint density at radius 2 is 2.12 bits per heavy atom. The third-order valence-electron chi connectivity index (χ3n) is 4.39. The first-order valence-electron chi connectivity index (χ1n) is 8.22. The van der Waals surface area contributed by atoms with Crippen LogP contribution in [0.3, 0.4) is 0 Å². The zero-order chi connectivity index (χ0) is 18.1. The Morgan fingerprint density at radius 1 is 1.36 bits per heavy atom. The van der Waals surface area contributed by atoms with Gasteiger partial charge in [-0.05, 0) is 27.7 Å². The highest BCUT2D eigenvalue weighted by Crippen LogP contribution is 2.29. The van der Waals surface area contributed by atoms with E-state index in [1.807, 2.05) is 27.8 Å². The third-order valence-corrected chi connectivity index (χ3v) is 4.39. The minimum Gasteiger partial charge on any atom is -0.480 e. The van der Waals surface area contributed by atoms with E-state index in [0.717, 1.165) is 11.4 Å². The summed E-state index contributed by atoms with van der Waals surface area (Å²) >= 11 is 0. The zero-order valence-corrected chi connectivity index (χ0v) is 15.1. The lowest BCUT2D eigenvalue weighted by molar-refractivity contribution is -0.149. The lowest BCUT2D eigenvalue weighted by Crippen LogP contribution is -2.49. The van der Waals surface area contributed by atoms with Gasteiger partial charge < -0.3 is 18.9 Å². The maximum absolute atomic E-state index is 12.8.